The predicted octanol–water partition coefficient (Wildman–Crippen LogP) is 3.10. The third-order valence-electron chi connectivity index (χ3n) is 3.61. The number of aromatic nitrogens is 2. The number of halogens is 3. The monoisotopic (exact) mass is 395 g/mol. The maximum atomic E-state index is 12.4. The molecule has 2 aromatic heterocycles. The highest BCUT2D eigenvalue weighted by molar-refractivity contribution is 5.94. The molecular formula is C19H20F3N3O3. The van der Waals surface area contributed by atoms with Gasteiger partial charge in [-0.05, 0) is 44.5 Å². The van der Waals surface area contributed by atoms with Gasteiger partial charge in [0.25, 0.3) is 5.91 Å². The number of nitrogens with one attached hydrogen (secondary N) is 1. The average Bonchev–Trinajstić information content (AvgIpc) is 2.56. The molecule has 2 aromatic rings. The molecule has 0 bridgehead atoms. The van der Waals surface area contributed by atoms with Gasteiger partial charge in [-0.15, -0.1) is 0 Å². The van der Waals surface area contributed by atoms with Crippen LogP contribution >= 0.6 is 0 Å². The van der Waals surface area contributed by atoms with Crippen molar-refractivity contribution in [3.05, 3.63) is 52.5 Å². The minimum Gasteiger partial charge on any atom is -0.468 e. The molecule has 6 nitrogen and oxygen atoms in total. The minimum atomic E-state index is -4.44. The summed E-state index contributed by atoms with van der Waals surface area (Å²) in [6.07, 6.45) is -2.95. The van der Waals surface area contributed by atoms with Crippen molar-refractivity contribution >= 4 is 11.7 Å². The molecule has 1 N–H and O–H groups in total. The molecule has 0 saturated heterocycles. The van der Waals surface area contributed by atoms with Crippen molar-refractivity contribution < 1.29 is 27.5 Å². The van der Waals surface area contributed by atoms with Gasteiger partial charge in [0.15, 0.2) is 6.61 Å². The van der Waals surface area contributed by atoms with E-state index in [9.17, 15) is 22.8 Å². The Kier molecular flexibility index (Phi) is 6.71. The van der Waals surface area contributed by atoms with Crippen molar-refractivity contribution in [1.82, 2.24) is 15.3 Å². The van der Waals surface area contributed by atoms with E-state index in [0.29, 0.717) is 28.1 Å². The molecule has 150 valence electrons. The topological polar surface area (TPSA) is 81.2 Å². The zero-order valence-electron chi connectivity index (χ0n) is 15.7. The molecule has 0 aliphatic carbocycles. The maximum Gasteiger partial charge on any atom is 0.422 e. The molecule has 2 heterocycles. The maximum absolute atomic E-state index is 12.4. The zero-order valence-corrected chi connectivity index (χ0v) is 15.7. The van der Waals surface area contributed by atoms with Crippen LogP contribution < -0.4 is 10.1 Å². The Labute approximate surface area is 160 Å². The molecule has 0 saturated carbocycles. The van der Waals surface area contributed by atoms with Gasteiger partial charge < -0.3 is 10.1 Å². The van der Waals surface area contributed by atoms with Crippen LogP contribution in [0.1, 0.15) is 39.8 Å². The van der Waals surface area contributed by atoms with Gasteiger partial charge in [0.1, 0.15) is 5.78 Å². The first-order valence-electron chi connectivity index (χ1n) is 8.44. The second kappa shape index (κ2) is 8.81. The summed E-state index contributed by atoms with van der Waals surface area (Å²) in [7, 11) is 0. The number of pyridine rings is 2. The molecule has 2 rings (SSSR count). The molecule has 0 fully saturated rings. The Balaban J connectivity index is 2.02. The van der Waals surface area contributed by atoms with Crippen LogP contribution in [0, 0.1) is 13.8 Å². The van der Waals surface area contributed by atoms with E-state index >= 15 is 0 Å². The first-order valence-corrected chi connectivity index (χ1v) is 8.44. The molecule has 1 amide bonds. The molecule has 0 atom stereocenters. The molecule has 0 aromatic carbocycles. The van der Waals surface area contributed by atoms with Crippen LogP contribution in [-0.4, -0.2) is 34.4 Å². The van der Waals surface area contributed by atoms with E-state index in [2.05, 4.69) is 20.0 Å². The fraction of sp³-hybridized carbons (Fsp3) is 0.368. The highest BCUT2D eigenvalue weighted by Gasteiger charge is 2.29. The van der Waals surface area contributed by atoms with E-state index in [4.69, 9.17) is 0 Å². The Morgan fingerprint density at radius 2 is 1.89 bits per heavy atom. The number of carbonyl (C=O) groups excluding carboxylic acids is 2. The third kappa shape index (κ3) is 6.64. The summed E-state index contributed by atoms with van der Waals surface area (Å²) in [5.41, 5.74) is 2.55. The van der Waals surface area contributed by atoms with E-state index in [0.717, 1.165) is 0 Å². The van der Waals surface area contributed by atoms with Crippen LogP contribution in [0.15, 0.2) is 24.4 Å². The number of carbonyl (C=O) groups is 2. The number of amides is 1. The van der Waals surface area contributed by atoms with Crippen molar-refractivity contribution in [2.45, 2.75) is 39.9 Å². The SMILES string of the molecule is CC(=O)Cc1cc(C(=O)NCc2cnc(OCC(F)(F)F)c(C)c2)cc(C)n1. The number of ether oxygens (including phenoxy) is 1. The molecule has 9 heteroatoms. The summed E-state index contributed by atoms with van der Waals surface area (Å²) in [5, 5.41) is 2.71. The minimum absolute atomic E-state index is 0.0566. The van der Waals surface area contributed by atoms with Gasteiger partial charge in [0, 0.05) is 41.7 Å². The third-order valence-corrected chi connectivity index (χ3v) is 3.61. The lowest BCUT2D eigenvalue weighted by molar-refractivity contribution is -0.154. The molecule has 0 radical (unpaired) electrons. The second-order valence-electron chi connectivity index (χ2n) is 6.42. The second-order valence-corrected chi connectivity index (χ2v) is 6.42. The van der Waals surface area contributed by atoms with Gasteiger partial charge in [-0.1, -0.05) is 0 Å². The Hall–Kier alpha value is -2.97. The lowest BCUT2D eigenvalue weighted by atomic mass is 10.1. The highest BCUT2D eigenvalue weighted by Crippen LogP contribution is 2.20. The van der Waals surface area contributed by atoms with E-state index in [-0.39, 0.29) is 30.5 Å². The van der Waals surface area contributed by atoms with E-state index in [1.54, 1.807) is 32.0 Å². The number of aryl methyl sites for hydroxylation is 2. The van der Waals surface area contributed by atoms with Crippen LogP contribution in [0.3, 0.4) is 0 Å². The number of nitrogens with zero attached hydrogens (tertiary/aromatic N) is 2. The number of rotatable bonds is 7. The van der Waals surface area contributed by atoms with Crippen molar-refractivity contribution in [2.75, 3.05) is 6.61 Å². The first-order chi connectivity index (χ1) is 13.0. The van der Waals surface area contributed by atoms with Gasteiger partial charge in [0.05, 0.1) is 0 Å². The van der Waals surface area contributed by atoms with E-state index in [1.807, 2.05) is 0 Å². The van der Waals surface area contributed by atoms with Crippen molar-refractivity contribution in [3.8, 4) is 5.88 Å². The van der Waals surface area contributed by atoms with Gasteiger partial charge in [0.2, 0.25) is 5.88 Å². The van der Waals surface area contributed by atoms with Crippen molar-refractivity contribution in [1.29, 1.82) is 0 Å². The molecule has 0 aliphatic rings. The molecule has 0 aliphatic heterocycles. The highest BCUT2D eigenvalue weighted by atomic mass is 19.4. The summed E-state index contributed by atoms with van der Waals surface area (Å²) >= 11 is 0. The van der Waals surface area contributed by atoms with Crippen LogP contribution in [0.2, 0.25) is 0 Å². The Morgan fingerprint density at radius 3 is 2.50 bits per heavy atom. The molecule has 0 spiro atoms. The number of Topliss-reactive ketones (excluding diaryl/α,β-unsaturated/α-hetero) is 1. The largest absolute Gasteiger partial charge is 0.468 e. The quantitative estimate of drug-likeness (QED) is 0.779. The summed E-state index contributed by atoms with van der Waals surface area (Å²) in [5.74, 6) is -0.518. The molecule has 28 heavy (non-hydrogen) atoms. The predicted molar refractivity (Wildman–Crippen MR) is 95.1 cm³/mol. The van der Waals surface area contributed by atoms with E-state index in [1.165, 1.54) is 13.1 Å². The number of hydrogen-bond acceptors (Lipinski definition) is 5. The van der Waals surface area contributed by atoms with E-state index < -0.39 is 12.8 Å². The first kappa shape index (κ1) is 21.3. The summed E-state index contributed by atoms with van der Waals surface area (Å²) in [4.78, 5) is 31.7. The molecule has 0 unspecified atom stereocenters. The fourth-order valence-electron chi connectivity index (χ4n) is 2.52. The van der Waals surface area contributed by atoms with Gasteiger partial charge in [-0.2, -0.15) is 13.2 Å². The Morgan fingerprint density at radius 1 is 1.18 bits per heavy atom. The van der Waals surface area contributed by atoms with Crippen molar-refractivity contribution in [2.24, 2.45) is 0 Å². The van der Waals surface area contributed by atoms with Crippen LogP contribution in [0.5, 0.6) is 5.88 Å². The van der Waals surface area contributed by atoms with Gasteiger partial charge in [-0.3, -0.25) is 14.6 Å². The lowest BCUT2D eigenvalue weighted by Gasteiger charge is -2.12. The normalized spacial score (nSPS) is 11.2. The Bertz CT molecular complexity index is 882. The number of alkyl halides is 3. The van der Waals surface area contributed by atoms with Crippen molar-refractivity contribution in [3.63, 3.8) is 0 Å². The zero-order chi connectivity index (χ0) is 20.9. The smallest absolute Gasteiger partial charge is 0.422 e. The van der Waals surface area contributed by atoms with Crippen LogP contribution in [0.25, 0.3) is 0 Å². The van der Waals surface area contributed by atoms with Gasteiger partial charge >= 0.3 is 6.18 Å². The fourth-order valence-corrected chi connectivity index (χ4v) is 2.52. The summed E-state index contributed by atoms with van der Waals surface area (Å²) in [6, 6.07) is 4.76. The lowest BCUT2D eigenvalue weighted by Crippen LogP contribution is -2.24. The van der Waals surface area contributed by atoms with Crippen LogP contribution in [0.4, 0.5) is 13.2 Å². The number of hydrogen-bond donors (Lipinski definition) is 1. The average molecular weight is 395 g/mol. The number of ketones is 1. The van der Waals surface area contributed by atoms with Crippen LogP contribution in [-0.2, 0) is 17.8 Å². The van der Waals surface area contributed by atoms with Gasteiger partial charge in [-0.25, -0.2) is 4.98 Å². The summed E-state index contributed by atoms with van der Waals surface area (Å²) in [6.45, 7) is 3.47. The molecular weight excluding hydrogens is 375 g/mol. The standard InChI is InChI=1S/C19H20F3N3O3/c1-11-4-14(9-24-18(11)28-10-19(20,21)22)8-23-17(27)15-5-12(2)25-16(7-15)6-13(3)26/h4-5,7,9H,6,8,10H2,1-3H3,(H,23,27). The summed E-state index contributed by atoms with van der Waals surface area (Å²) < 4.78 is 41.3.